The van der Waals surface area contributed by atoms with Crippen LogP contribution in [0.4, 0.5) is 11.5 Å². The van der Waals surface area contributed by atoms with Crippen molar-refractivity contribution in [2.24, 2.45) is 5.92 Å². The highest BCUT2D eigenvalue weighted by atomic mass is 16.6. The standard InChI is InChI=1S/C11H15N3O2/c1-3-9-4-11(13-6-8(2)7-13)12-5-10(9)14(15)16/h4-5,8H,3,6-7H2,1-2H3. The molecule has 0 unspecified atom stereocenters. The van der Waals surface area contributed by atoms with E-state index in [1.54, 1.807) is 0 Å². The van der Waals surface area contributed by atoms with Gasteiger partial charge in [-0.25, -0.2) is 4.98 Å². The number of nitro groups is 1. The molecule has 1 aliphatic heterocycles. The predicted molar refractivity (Wildman–Crippen MR) is 61.6 cm³/mol. The molecule has 0 saturated carbocycles. The van der Waals surface area contributed by atoms with Gasteiger partial charge in [-0.3, -0.25) is 10.1 Å². The molecule has 1 saturated heterocycles. The van der Waals surface area contributed by atoms with Crippen LogP contribution in [-0.2, 0) is 6.42 Å². The van der Waals surface area contributed by atoms with E-state index in [0.29, 0.717) is 12.3 Å². The first-order chi connectivity index (χ1) is 7.61. The molecule has 0 atom stereocenters. The number of nitrogens with zero attached hydrogens (tertiary/aromatic N) is 3. The van der Waals surface area contributed by atoms with E-state index >= 15 is 0 Å². The van der Waals surface area contributed by atoms with E-state index in [-0.39, 0.29) is 10.6 Å². The average Bonchev–Trinajstić information content (AvgIpc) is 2.23. The number of aromatic nitrogens is 1. The van der Waals surface area contributed by atoms with Gasteiger partial charge in [0.25, 0.3) is 5.69 Å². The Morgan fingerprint density at radius 3 is 2.81 bits per heavy atom. The molecule has 0 aliphatic carbocycles. The van der Waals surface area contributed by atoms with Crippen LogP contribution in [0.5, 0.6) is 0 Å². The molecule has 2 heterocycles. The van der Waals surface area contributed by atoms with Crippen LogP contribution >= 0.6 is 0 Å². The van der Waals surface area contributed by atoms with E-state index in [2.05, 4.69) is 16.8 Å². The van der Waals surface area contributed by atoms with Crippen molar-refractivity contribution < 1.29 is 4.92 Å². The molecule has 0 bridgehead atoms. The maximum atomic E-state index is 10.7. The quantitative estimate of drug-likeness (QED) is 0.578. The second kappa shape index (κ2) is 4.08. The molecule has 1 aromatic rings. The summed E-state index contributed by atoms with van der Waals surface area (Å²) in [7, 11) is 0. The number of hydrogen-bond acceptors (Lipinski definition) is 4. The second-order valence-electron chi connectivity index (χ2n) is 4.29. The van der Waals surface area contributed by atoms with Crippen molar-refractivity contribution >= 4 is 11.5 Å². The Labute approximate surface area is 94.2 Å². The summed E-state index contributed by atoms with van der Waals surface area (Å²) in [6, 6.07) is 1.84. The number of anilines is 1. The first-order valence-electron chi connectivity index (χ1n) is 5.50. The molecule has 0 amide bonds. The summed E-state index contributed by atoms with van der Waals surface area (Å²) in [6.45, 7) is 6.09. The molecule has 0 radical (unpaired) electrons. The van der Waals surface area contributed by atoms with Gasteiger partial charge in [0, 0.05) is 18.7 Å². The summed E-state index contributed by atoms with van der Waals surface area (Å²) >= 11 is 0. The lowest BCUT2D eigenvalue weighted by Gasteiger charge is -2.38. The lowest BCUT2D eigenvalue weighted by atomic mass is 10.0. The van der Waals surface area contributed by atoms with Gasteiger partial charge in [-0.2, -0.15) is 0 Å². The molecule has 0 N–H and O–H groups in total. The zero-order chi connectivity index (χ0) is 11.7. The number of aryl methyl sites for hydroxylation is 1. The summed E-state index contributed by atoms with van der Waals surface area (Å²) in [5.41, 5.74) is 0.884. The zero-order valence-corrected chi connectivity index (χ0v) is 9.51. The van der Waals surface area contributed by atoms with E-state index in [4.69, 9.17) is 0 Å². The maximum Gasteiger partial charge on any atom is 0.290 e. The summed E-state index contributed by atoms with van der Waals surface area (Å²) < 4.78 is 0. The van der Waals surface area contributed by atoms with Gasteiger partial charge >= 0.3 is 0 Å². The van der Waals surface area contributed by atoms with Gasteiger partial charge in [-0.15, -0.1) is 0 Å². The van der Waals surface area contributed by atoms with Crippen LogP contribution in [0, 0.1) is 16.0 Å². The number of hydrogen-bond donors (Lipinski definition) is 0. The SMILES string of the molecule is CCc1cc(N2CC(C)C2)ncc1[N+](=O)[O-]. The fourth-order valence-corrected chi connectivity index (χ4v) is 1.98. The molecule has 5 heteroatoms. The Balaban J connectivity index is 2.26. The lowest BCUT2D eigenvalue weighted by Crippen LogP contribution is -2.45. The zero-order valence-electron chi connectivity index (χ0n) is 9.51. The molecule has 86 valence electrons. The van der Waals surface area contributed by atoms with Crippen molar-refractivity contribution in [3.05, 3.63) is 27.9 Å². The third kappa shape index (κ3) is 1.85. The molecule has 5 nitrogen and oxygen atoms in total. The van der Waals surface area contributed by atoms with Gasteiger partial charge in [0.1, 0.15) is 12.0 Å². The normalized spacial score (nSPS) is 16.0. The third-order valence-corrected chi connectivity index (χ3v) is 2.92. The molecule has 0 spiro atoms. The highest BCUT2D eigenvalue weighted by Gasteiger charge is 2.25. The van der Waals surface area contributed by atoms with Gasteiger partial charge in [-0.05, 0) is 18.4 Å². The molecule has 1 aromatic heterocycles. The van der Waals surface area contributed by atoms with E-state index < -0.39 is 0 Å². The van der Waals surface area contributed by atoms with Gasteiger partial charge in [-0.1, -0.05) is 13.8 Å². The van der Waals surface area contributed by atoms with E-state index in [1.165, 1.54) is 6.20 Å². The Bertz CT molecular complexity index is 414. The fraction of sp³-hybridized carbons (Fsp3) is 0.545. The van der Waals surface area contributed by atoms with Crippen molar-refractivity contribution in [2.45, 2.75) is 20.3 Å². The number of pyridine rings is 1. The van der Waals surface area contributed by atoms with E-state index in [9.17, 15) is 10.1 Å². The summed E-state index contributed by atoms with van der Waals surface area (Å²) in [5, 5.41) is 10.7. The Kier molecular flexibility index (Phi) is 2.77. The van der Waals surface area contributed by atoms with Crippen molar-refractivity contribution in [1.82, 2.24) is 4.98 Å². The van der Waals surface area contributed by atoms with Crippen molar-refractivity contribution in [3.8, 4) is 0 Å². The minimum absolute atomic E-state index is 0.125. The Hall–Kier alpha value is -1.65. The third-order valence-electron chi connectivity index (χ3n) is 2.92. The second-order valence-corrected chi connectivity index (χ2v) is 4.29. The first kappa shape index (κ1) is 10.9. The van der Waals surface area contributed by atoms with Crippen LogP contribution in [0.3, 0.4) is 0 Å². The van der Waals surface area contributed by atoms with Crippen molar-refractivity contribution in [2.75, 3.05) is 18.0 Å². The van der Waals surface area contributed by atoms with Crippen LogP contribution in [0.1, 0.15) is 19.4 Å². The molecule has 1 fully saturated rings. The van der Waals surface area contributed by atoms with Gasteiger partial charge in [0.15, 0.2) is 0 Å². The van der Waals surface area contributed by atoms with Crippen molar-refractivity contribution in [1.29, 1.82) is 0 Å². The maximum absolute atomic E-state index is 10.7. The molecular formula is C11H15N3O2. The number of rotatable bonds is 3. The molecular weight excluding hydrogens is 206 g/mol. The monoisotopic (exact) mass is 221 g/mol. The fourth-order valence-electron chi connectivity index (χ4n) is 1.98. The Morgan fingerprint density at radius 1 is 1.62 bits per heavy atom. The smallest absolute Gasteiger partial charge is 0.290 e. The average molecular weight is 221 g/mol. The summed E-state index contributed by atoms with van der Waals surface area (Å²) in [4.78, 5) is 16.7. The Morgan fingerprint density at radius 2 is 2.31 bits per heavy atom. The van der Waals surface area contributed by atoms with Gasteiger partial charge < -0.3 is 4.90 Å². The van der Waals surface area contributed by atoms with Gasteiger partial charge in [0.05, 0.1) is 4.92 Å². The summed E-state index contributed by atoms with van der Waals surface area (Å²) in [5.74, 6) is 1.56. The highest BCUT2D eigenvalue weighted by molar-refractivity contribution is 5.50. The van der Waals surface area contributed by atoms with Crippen molar-refractivity contribution in [3.63, 3.8) is 0 Å². The lowest BCUT2D eigenvalue weighted by molar-refractivity contribution is -0.385. The van der Waals surface area contributed by atoms with E-state index in [0.717, 1.165) is 24.5 Å². The van der Waals surface area contributed by atoms with Crippen LogP contribution < -0.4 is 4.90 Å². The minimum atomic E-state index is -0.367. The minimum Gasteiger partial charge on any atom is -0.356 e. The van der Waals surface area contributed by atoms with Crippen LogP contribution in [0.2, 0.25) is 0 Å². The molecule has 2 rings (SSSR count). The van der Waals surface area contributed by atoms with E-state index in [1.807, 2.05) is 13.0 Å². The first-order valence-corrected chi connectivity index (χ1v) is 5.50. The topological polar surface area (TPSA) is 59.3 Å². The van der Waals surface area contributed by atoms with Crippen LogP contribution in [-0.4, -0.2) is 23.0 Å². The van der Waals surface area contributed by atoms with Crippen LogP contribution in [0.15, 0.2) is 12.3 Å². The van der Waals surface area contributed by atoms with Crippen LogP contribution in [0.25, 0.3) is 0 Å². The van der Waals surface area contributed by atoms with Gasteiger partial charge in [0.2, 0.25) is 0 Å². The summed E-state index contributed by atoms with van der Waals surface area (Å²) in [6.07, 6.45) is 2.03. The largest absolute Gasteiger partial charge is 0.356 e. The molecule has 1 aliphatic rings. The molecule has 0 aromatic carbocycles. The molecule has 16 heavy (non-hydrogen) atoms. The predicted octanol–water partition coefficient (Wildman–Crippen LogP) is 2.01. The highest BCUT2D eigenvalue weighted by Crippen LogP contribution is 2.27.